The molecule has 22 heavy (non-hydrogen) atoms. The maximum absolute atomic E-state index is 11.3. The van der Waals surface area contributed by atoms with Gasteiger partial charge in [-0.2, -0.15) is 0 Å². The Hall–Kier alpha value is -1.35. The van der Waals surface area contributed by atoms with Crippen LogP contribution in [-0.2, 0) is 26.8 Å². The van der Waals surface area contributed by atoms with Crippen LogP contribution in [0, 0.1) is 0 Å². The second-order valence-electron chi connectivity index (χ2n) is 7.89. The van der Waals surface area contributed by atoms with Gasteiger partial charge in [-0.3, -0.25) is 4.79 Å². The van der Waals surface area contributed by atoms with E-state index < -0.39 is 0 Å². The fourth-order valence-electron chi connectivity index (χ4n) is 3.44. The second-order valence-corrected chi connectivity index (χ2v) is 7.89. The van der Waals surface area contributed by atoms with E-state index in [0.717, 1.165) is 0 Å². The first-order chi connectivity index (χ1) is 10.2. The van der Waals surface area contributed by atoms with Gasteiger partial charge in [0.15, 0.2) is 0 Å². The number of ether oxygens (including phenoxy) is 1. The van der Waals surface area contributed by atoms with Crippen LogP contribution in [0.4, 0.5) is 0 Å². The summed E-state index contributed by atoms with van der Waals surface area (Å²) < 4.78 is 4.69. The molecule has 0 heterocycles. The number of rotatable bonds is 4. The number of esters is 1. The summed E-state index contributed by atoms with van der Waals surface area (Å²) in [4.78, 5) is 11.3. The molecule has 0 aliphatic heterocycles. The quantitative estimate of drug-likeness (QED) is 0.867. The van der Waals surface area contributed by atoms with E-state index in [1.807, 2.05) is 0 Å². The van der Waals surface area contributed by atoms with E-state index in [1.54, 1.807) is 0 Å². The molecule has 1 atom stereocenters. The Balaban J connectivity index is 2.25. The lowest BCUT2D eigenvalue weighted by Crippen LogP contribution is -2.34. The van der Waals surface area contributed by atoms with E-state index in [2.05, 4.69) is 45.9 Å². The highest BCUT2D eigenvalue weighted by atomic mass is 16.5. The van der Waals surface area contributed by atoms with Crippen LogP contribution in [0.2, 0.25) is 0 Å². The zero-order valence-electron chi connectivity index (χ0n) is 14.5. The molecule has 0 bridgehead atoms. The lowest BCUT2D eigenvalue weighted by Gasteiger charge is -2.42. The SMILES string of the molecule is COC(=O)CC(N)Cc1ccc2c(c1)C(C)(C)CCC2(C)C. The van der Waals surface area contributed by atoms with Gasteiger partial charge in [0.1, 0.15) is 0 Å². The Bertz CT molecular complexity index is 561. The summed E-state index contributed by atoms with van der Waals surface area (Å²) in [5, 5.41) is 0. The number of hydrogen-bond acceptors (Lipinski definition) is 3. The number of carbonyl (C=O) groups excluding carboxylic acids is 1. The number of hydrogen-bond donors (Lipinski definition) is 1. The molecule has 2 rings (SSSR count). The molecule has 1 aliphatic rings. The minimum atomic E-state index is -0.244. The zero-order valence-corrected chi connectivity index (χ0v) is 14.5. The third kappa shape index (κ3) is 3.52. The number of methoxy groups -OCH3 is 1. The lowest BCUT2D eigenvalue weighted by molar-refractivity contribution is -0.140. The smallest absolute Gasteiger partial charge is 0.307 e. The molecule has 122 valence electrons. The number of benzene rings is 1. The molecule has 0 spiro atoms. The van der Waals surface area contributed by atoms with Gasteiger partial charge in [0.25, 0.3) is 0 Å². The van der Waals surface area contributed by atoms with Gasteiger partial charge in [0, 0.05) is 6.04 Å². The van der Waals surface area contributed by atoms with Crippen molar-refractivity contribution in [3.05, 3.63) is 34.9 Å². The first-order valence-electron chi connectivity index (χ1n) is 8.12. The first kappa shape index (κ1) is 17.0. The van der Waals surface area contributed by atoms with Gasteiger partial charge in [0.2, 0.25) is 0 Å². The zero-order chi connectivity index (χ0) is 16.5. The predicted octanol–water partition coefficient (Wildman–Crippen LogP) is 3.47. The normalized spacial score (nSPS) is 20.1. The van der Waals surface area contributed by atoms with Gasteiger partial charge in [-0.1, -0.05) is 45.9 Å². The maximum Gasteiger partial charge on any atom is 0.307 e. The molecule has 3 heteroatoms. The summed E-state index contributed by atoms with van der Waals surface area (Å²) in [5.41, 5.74) is 10.6. The Morgan fingerprint density at radius 1 is 1.18 bits per heavy atom. The average molecular weight is 303 g/mol. The lowest BCUT2D eigenvalue weighted by atomic mass is 9.63. The van der Waals surface area contributed by atoms with Crippen LogP contribution >= 0.6 is 0 Å². The molecule has 0 saturated carbocycles. The van der Waals surface area contributed by atoms with Crippen LogP contribution in [0.25, 0.3) is 0 Å². The topological polar surface area (TPSA) is 52.3 Å². The van der Waals surface area contributed by atoms with Crippen molar-refractivity contribution in [2.24, 2.45) is 5.73 Å². The minimum absolute atomic E-state index is 0.190. The molecule has 2 N–H and O–H groups in total. The summed E-state index contributed by atoms with van der Waals surface area (Å²) in [7, 11) is 1.40. The van der Waals surface area contributed by atoms with E-state index in [9.17, 15) is 4.79 Å². The van der Waals surface area contributed by atoms with E-state index in [-0.39, 0.29) is 29.3 Å². The van der Waals surface area contributed by atoms with Crippen LogP contribution in [0.1, 0.15) is 63.6 Å². The standard InChI is InChI=1S/C19H29NO2/c1-18(2)8-9-19(3,4)16-11-13(6-7-15(16)18)10-14(20)12-17(21)22-5/h6-7,11,14H,8-10,12,20H2,1-5H3. The molecule has 0 amide bonds. The van der Waals surface area contributed by atoms with Crippen molar-refractivity contribution in [2.75, 3.05) is 7.11 Å². The Labute approximate surface area is 134 Å². The fraction of sp³-hybridized carbons (Fsp3) is 0.632. The van der Waals surface area contributed by atoms with Crippen molar-refractivity contribution in [2.45, 2.75) is 70.3 Å². The predicted molar refractivity (Wildman–Crippen MR) is 90.0 cm³/mol. The average Bonchev–Trinajstić information content (AvgIpc) is 2.43. The number of fused-ring (bicyclic) bond motifs is 1. The Morgan fingerprint density at radius 3 is 2.36 bits per heavy atom. The number of nitrogens with two attached hydrogens (primary N) is 1. The van der Waals surface area contributed by atoms with Crippen molar-refractivity contribution >= 4 is 5.97 Å². The number of carbonyl (C=O) groups is 1. The molecule has 1 aromatic carbocycles. The van der Waals surface area contributed by atoms with Crippen molar-refractivity contribution < 1.29 is 9.53 Å². The highest BCUT2D eigenvalue weighted by Gasteiger charge is 2.36. The Morgan fingerprint density at radius 2 is 1.77 bits per heavy atom. The van der Waals surface area contributed by atoms with E-state index in [0.29, 0.717) is 6.42 Å². The third-order valence-electron chi connectivity index (χ3n) is 5.07. The van der Waals surface area contributed by atoms with Crippen LogP contribution in [-0.4, -0.2) is 19.1 Å². The largest absolute Gasteiger partial charge is 0.469 e. The molecular weight excluding hydrogens is 274 g/mol. The molecule has 0 radical (unpaired) electrons. The van der Waals surface area contributed by atoms with Gasteiger partial charge in [0.05, 0.1) is 13.5 Å². The molecule has 0 aromatic heterocycles. The van der Waals surface area contributed by atoms with Crippen LogP contribution in [0.15, 0.2) is 18.2 Å². The van der Waals surface area contributed by atoms with Crippen LogP contribution < -0.4 is 5.73 Å². The van der Waals surface area contributed by atoms with Crippen molar-refractivity contribution in [3.8, 4) is 0 Å². The van der Waals surface area contributed by atoms with Crippen LogP contribution in [0.3, 0.4) is 0 Å². The van der Waals surface area contributed by atoms with Gasteiger partial charge < -0.3 is 10.5 Å². The molecule has 1 unspecified atom stereocenters. The Kier molecular flexibility index (Phi) is 4.67. The summed E-state index contributed by atoms with van der Waals surface area (Å²) in [6.45, 7) is 9.28. The fourth-order valence-corrected chi connectivity index (χ4v) is 3.44. The highest BCUT2D eigenvalue weighted by molar-refractivity contribution is 5.69. The van der Waals surface area contributed by atoms with Crippen molar-refractivity contribution in [3.63, 3.8) is 0 Å². The van der Waals surface area contributed by atoms with E-state index in [4.69, 9.17) is 10.5 Å². The van der Waals surface area contributed by atoms with Gasteiger partial charge in [-0.05, 0) is 46.8 Å². The molecule has 1 aromatic rings. The maximum atomic E-state index is 11.3. The summed E-state index contributed by atoms with van der Waals surface area (Å²) >= 11 is 0. The summed E-state index contributed by atoms with van der Waals surface area (Å²) in [6.07, 6.45) is 3.39. The second kappa shape index (κ2) is 6.04. The van der Waals surface area contributed by atoms with E-state index >= 15 is 0 Å². The molecule has 0 fully saturated rings. The van der Waals surface area contributed by atoms with Gasteiger partial charge in [-0.15, -0.1) is 0 Å². The summed E-state index contributed by atoms with van der Waals surface area (Å²) in [6, 6.07) is 6.54. The van der Waals surface area contributed by atoms with Crippen molar-refractivity contribution in [1.82, 2.24) is 0 Å². The highest BCUT2D eigenvalue weighted by Crippen LogP contribution is 2.45. The first-order valence-corrected chi connectivity index (χ1v) is 8.12. The monoisotopic (exact) mass is 303 g/mol. The summed E-state index contributed by atoms with van der Waals surface area (Å²) in [5.74, 6) is -0.244. The van der Waals surface area contributed by atoms with Crippen LogP contribution in [0.5, 0.6) is 0 Å². The molecule has 1 aliphatic carbocycles. The van der Waals surface area contributed by atoms with Crippen molar-refractivity contribution in [1.29, 1.82) is 0 Å². The van der Waals surface area contributed by atoms with Gasteiger partial charge >= 0.3 is 5.97 Å². The van der Waals surface area contributed by atoms with Gasteiger partial charge in [-0.25, -0.2) is 0 Å². The third-order valence-corrected chi connectivity index (χ3v) is 5.07. The minimum Gasteiger partial charge on any atom is -0.469 e. The molecule has 0 saturated heterocycles. The molecule has 3 nitrogen and oxygen atoms in total. The molecular formula is C19H29NO2. The van der Waals surface area contributed by atoms with E-state index in [1.165, 1.54) is 36.6 Å².